The first-order valence-corrected chi connectivity index (χ1v) is 4.71. The molecule has 0 atom stereocenters. The SMILES string of the molecule is OCC/C=C/C1CCCCC1. The molecule has 0 aromatic carbocycles. The summed E-state index contributed by atoms with van der Waals surface area (Å²) in [6, 6.07) is 0. The molecule has 1 saturated carbocycles. The zero-order valence-electron chi connectivity index (χ0n) is 7.13. The first-order chi connectivity index (χ1) is 5.43. The number of hydrogen-bond donors (Lipinski definition) is 1. The fourth-order valence-corrected chi connectivity index (χ4v) is 1.69. The molecule has 1 fully saturated rings. The summed E-state index contributed by atoms with van der Waals surface area (Å²) in [7, 11) is 0. The van der Waals surface area contributed by atoms with Crippen molar-refractivity contribution < 1.29 is 5.11 Å². The maximum Gasteiger partial charge on any atom is 0.0465 e. The Morgan fingerprint density at radius 2 is 1.91 bits per heavy atom. The van der Waals surface area contributed by atoms with Crippen LogP contribution >= 0.6 is 0 Å². The highest BCUT2D eigenvalue weighted by Crippen LogP contribution is 2.24. The van der Waals surface area contributed by atoms with Crippen molar-refractivity contribution in [2.45, 2.75) is 38.5 Å². The van der Waals surface area contributed by atoms with Crippen LogP contribution in [-0.4, -0.2) is 11.7 Å². The molecule has 0 radical (unpaired) electrons. The van der Waals surface area contributed by atoms with Gasteiger partial charge in [0.15, 0.2) is 0 Å². The Morgan fingerprint density at radius 3 is 2.55 bits per heavy atom. The van der Waals surface area contributed by atoms with Crippen LogP contribution in [0.5, 0.6) is 0 Å². The van der Waals surface area contributed by atoms with Crippen molar-refractivity contribution in [3.63, 3.8) is 0 Å². The van der Waals surface area contributed by atoms with Crippen molar-refractivity contribution in [2.24, 2.45) is 5.92 Å². The Kier molecular flexibility index (Phi) is 4.29. The minimum atomic E-state index is 0.295. The van der Waals surface area contributed by atoms with E-state index in [0.717, 1.165) is 12.3 Å². The fourth-order valence-electron chi connectivity index (χ4n) is 1.69. The zero-order chi connectivity index (χ0) is 7.94. The van der Waals surface area contributed by atoms with Gasteiger partial charge in [0, 0.05) is 6.61 Å². The predicted molar refractivity (Wildman–Crippen MR) is 47.4 cm³/mol. The Bertz CT molecular complexity index is 112. The van der Waals surface area contributed by atoms with E-state index < -0.39 is 0 Å². The second-order valence-electron chi connectivity index (χ2n) is 3.34. The lowest BCUT2D eigenvalue weighted by molar-refractivity contribution is 0.302. The second-order valence-corrected chi connectivity index (χ2v) is 3.34. The summed E-state index contributed by atoms with van der Waals surface area (Å²) in [6.07, 6.45) is 12.2. The highest BCUT2D eigenvalue weighted by atomic mass is 16.2. The third-order valence-electron chi connectivity index (χ3n) is 2.35. The van der Waals surface area contributed by atoms with Crippen LogP contribution in [0.1, 0.15) is 38.5 Å². The van der Waals surface area contributed by atoms with Crippen LogP contribution < -0.4 is 0 Å². The molecule has 11 heavy (non-hydrogen) atoms. The molecule has 1 N–H and O–H groups in total. The largest absolute Gasteiger partial charge is 0.396 e. The third kappa shape index (κ3) is 3.57. The van der Waals surface area contributed by atoms with Crippen molar-refractivity contribution in [1.29, 1.82) is 0 Å². The molecule has 1 nitrogen and oxygen atoms in total. The number of allylic oxidation sites excluding steroid dienone is 1. The smallest absolute Gasteiger partial charge is 0.0465 e. The molecular formula is C10H18O. The third-order valence-corrected chi connectivity index (χ3v) is 2.35. The van der Waals surface area contributed by atoms with Gasteiger partial charge in [-0.2, -0.15) is 0 Å². The van der Waals surface area contributed by atoms with Gasteiger partial charge in [0.1, 0.15) is 0 Å². The van der Waals surface area contributed by atoms with Gasteiger partial charge in [-0.15, -0.1) is 0 Å². The maximum atomic E-state index is 8.54. The summed E-state index contributed by atoms with van der Waals surface area (Å²) in [5.41, 5.74) is 0. The van der Waals surface area contributed by atoms with E-state index in [9.17, 15) is 0 Å². The van der Waals surface area contributed by atoms with E-state index in [2.05, 4.69) is 12.2 Å². The number of rotatable bonds is 3. The van der Waals surface area contributed by atoms with E-state index in [-0.39, 0.29) is 0 Å². The van der Waals surface area contributed by atoms with Crippen LogP contribution in [0, 0.1) is 5.92 Å². The van der Waals surface area contributed by atoms with Gasteiger partial charge in [0.05, 0.1) is 0 Å². The van der Waals surface area contributed by atoms with E-state index in [0.29, 0.717) is 6.61 Å². The maximum absolute atomic E-state index is 8.54. The first kappa shape index (κ1) is 8.79. The highest BCUT2D eigenvalue weighted by molar-refractivity contribution is 4.89. The van der Waals surface area contributed by atoms with Gasteiger partial charge in [0.2, 0.25) is 0 Å². The van der Waals surface area contributed by atoms with Crippen molar-refractivity contribution in [3.05, 3.63) is 12.2 Å². The standard InChI is InChI=1S/C10H18O/c11-9-5-4-8-10-6-2-1-3-7-10/h4,8,10-11H,1-3,5-7,9H2/b8-4+. The fraction of sp³-hybridized carbons (Fsp3) is 0.800. The molecule has 0 bridgehead atoms. The van der Waals surface area contributed by atoms with Crippen molar-refractivity contribution in [2.75, 3.05) is 6.61 Å². The van der Waals surface area contributed by atoms with Crippen LogP contribution in [0.2, 0.25) is 0 Å². The molecular weight excluding hydrogens is 136 g/mol. The average molecular weight is 154 g/mol. The molecule has 64 valence electrons. The summed E-state index contributed by atoms with van der Waals surface area (Å²) in [5.74, 6) is 0.815. The lowest BCUT2D eigenvalue weighted by Gasteiger charge is -2.17. The van der Waals surface area contributed by atoms with Gasteiger partial charge < -0.3 is 5.11 Å². The number of aliphatic hydroxyl groups excluding tert-OH is 1. The second kappa shape index (κ2) is 5.36. The van der Waals surface area contributed by atoms with Gasteiger partial charge in [0.25, 0.3) is 0 Å². The van der Waals surface area contributed by atoms with E-state index >= 15 is 0 Å². The first-order valence-electron chi connectivity index (χ1n) is 4.71. The zero-order valence-corrected chi connectivity index (χ0v) is 7.13. The van der Waals surface area contributed by atoms with Gasteiger partial charge in [-0.1, -0.05) is 31.4 Å². The molecule has 0 amide bonds. The number of aliphatic hydroxyl groups is 1. The lowest BCUT2D eigenvalue weighted by atomic mass is 9.89. The minimum absolute atomic E-state index is 0.295. The Labute approximate surface area is 69.1 Å². The van der Waals surface area contributed by atoms with Crippen LogP contribution in [0.25, 0.3) is 0 Å². The normalized spacial score (nSPS) is 21.2. The van der Waals surface area contributed by atoms with Gasteiger partial charge >= 0.3 is 0 Å². The minimum Gasteiger partial charge on any atom is -0.396 e. The summed E-state index contributed by atoms with van der Waals surface area (Å²) >= 11 is 0. The molecule has 1 heteroatoms. The Morgan fingerprint density at radius 1 is 1.18 bits per heavy atom. The van der Waals surface area contributed by atoms with Crippen LogP contribution in [0.4, 0.5) is 0 Å². The Hall–Kier alpha value is -0.300. The molecule has 0 spiro atoms. The van der Waals surface area contributed by atoms with E-state index in [1.807, 2.05) is 0 Å². The van der Waals surface area contributed by atoms with Crippen molar-refractivity contribution in [1.82, 2.24) is 0 Å². The quantitative estimate of drug-likeness (QED) is 0.619. The van der Waals surface area contributed by atoms with E-state index in [1.54, 1.807) is 0 Å². The molecule has 1 aliphatic rings. The Balaban J connectivity index is 2.13. The van der Waals surface area contributed by atoms with Gasteiger partial charge in [-0.25, -0.2) is 0 Å². The summed E-state index contributed by atoms with van der Waals surface area (Å²) in [4.78, 5) is 0. The van der Waals surface area contributed by atoms with Gasteiger partial charge in [-0.05, 0) is 25.2 Å². The molecule has 0 unspecified atom stereocenters. The summed E-state index contributed by atoms with van der Waals surface area (Å²) < 4.78 is 0. The highest BCUT2D eigenvalue weighted by Gasteiger charge is 2.08. The molecule has 0 aliphatic heterocycles. The van der Waals surface area contributed by atoms with Crippen molar-refractivity contribution >= 4 is 0 Å². The summed E-state index contributed by atoms with van der Waals surface area (Å²) in [5, 5.41) is 8.54. The monoisotopic (exact) mass is 154 g/mol. The number of hydrogen-bond acceptors (Lipinski definition) is 1. The molecule has 1 rings (SSSR count). The lowest BCUT2D eigenvalue weighted by Crippen LogP contribution is -2.02. The summed E-state index contributed by atoms with van der Waals surface area (Å²) in [6.45, 7) is 0.295. The van der Waals surface area contributed by atoms with Crippen LogP contribution in [0.15, 0.2) is 12.2 Å². The van der Waals surface area contributed by atoms with E-state index in [1.165, 1.54) is 32.1 Å². The molecule has 1 aliphatic carbocycles. The predicted octanol–water partition coefficient (Wildman–Crippen LogP) is 2.51. The molecule has 0 heterocycles. The molecule has 0 saturated heterocycles. The van der Waals surface area contributed by atoms with Crippen molar-refractivity contribution in [3.8, 4) is 0 Å². The average Bonchev–Trinajstić information content (AvgIpc) is 2.07. The molecule has 0 aromatic rings. The topological polar surface area (TPSA) is 20.2 Å². The van der Waals surface area contributed by atoms with E-state index in [4.69, 9.17) is 5.11 Å². The van der Waals surface area contributed by atoms with Crippen LogP contribution in [-0.2, 0) is 0 Å². The molecule has 0 aromatic heterocycles. The van der Waals surface area contributed by atoms with Crippen LogP contribution in [0.3, 0.4) is 0 Å². The van der Waals surface area contributed by atoms with Gasteiger partial charge in [-0.3, -0.25) is 0 Å².